The monoisotopic (exact) mass is 344 g/mol. The molecule has 0 fully saturated rings. The van der Waals surface area contributed by atoms with E-state index >= 15 is 0 Å². The summed E-state index contributed by atoms with van der Waals surface area (Å²) in [4.78, 5) is 0. The number of hydrogen-bond donors (Lipinski definition) is 3. The molecule has 7 nitrogen and oxygen atoms in total. The third-order valence-corrected chi connectivity index (χ3v) is 4.01. The zero-order valence-electron chi connectivity index (χ0n) is 13.9. The van der Waals surface area contributed by atoms with Gasteiger partial charge in [-0.25, -0.2) is 9.07 Å². The lowest BCUT2D eigenvalue weighted by molar-refractivity contribution is 0.318. The lowest BCUT2D eigenvalue weighted by atomic mass is 10.0. The van der Waals surface area contributed by atoms with Gasteiger partial charge in [-0.3, -0.25) is 0 Å². The van der Waals surface area contributed by atoms with E-state index in [1.807, 2.05) is 6.92 Å². The number of phenolic OH excluding ortho intramolecular Hbond substituents is 1. The fourth-order valence-electron chi connectivity index (χ4n) is 2.89. The maximum atomic E-state index is 14.5. The van der Waals surface area contributed by atoms with Crippen molar-refractivity contribution in [2.45, 2.75) is 20.8 Å². The van der Waals surface area contributed by atoms with Crippen LogP contribution in [-0.2, 0) is 0 Å². The maximum Gasteiger partial charge on any atom is 0.190 e. The number of aromatic nitrogens is 2. The first kappa shape index (κ1) is 16.6. The SMILES string of the molecule is Cc1coc(C)c1-c1c(C(N)=NO)c(C)nn1-c1cccc(O)c1F. The Morgan fingerprint density at radius 2 is 2.04 bits per heavy atom. The van der Waals surface area contributed by atoms with Crippen LogP contribution in [0.1, 0.15) is 22.6 Å². The molecule has 4 N–H and O–H groups in total. The highest BCUT2D eigenvalue weighted by atomic mass is 19.1. The van der Waals surface area contributed by atoms with E-state index in [0.29, 0.717) is 28.3 Å². The molecular weight excluding hydrogens is 327 g/mol. The first-order valence-corrected chi connectivity index (χ1v) is 7.47. The number of nitrogens with two attached hydrogens (primary N) is 1. The number of oxime groups is 1. The van der Waals surface area contributed by atoms with Crippen LogP contribution in [0.15, 0.2) is 34.0 Å². The van der Waals surface area contributed by atoms with Gasteiger partial charge in [0.05, 0.1) is 23.2 Å². The number of aromatic hydroxyl groups is 1. The number of furan rings is 1. The second kappa shape index (κ2) is 5.97. The van der Waals surface area contributed by atoms with E-state index in [4.69, 9.17) is 15.4 Å². The molecule has 0 atom stereocenters. The van der Waals surface area contributed by atoms with Crippen molar-refractivity contribution in [1.82, 2.24) is 9.78 Å². The smallest absolute Gasteiger partial charge is 0.190 e. The van der Waals surface area contributed by atoms with Crippen LogP contribution in [0.5, 0.6) is 5.75 Å². The molecule has 0 bridgehead atoms. The Morgan fingerprint density at radius 3 is 2.64 bits per heavy atom. The molecule has 0 radical (unpaired) electrons. The maximum absolute atomic E-state index is 14.5. The molecule has 0 unspecified atom stereocenters. The molecule has 2 heterocycles. The molecule has 8 heteroatoms. The van der Waals surface area contributed by atoms with Gasteiger partial charge in [0.25, 0.3) is 0 Å². The number of hydrogen-bond acceptors (Lipinski definition) is 5. The standard InChI is InChI=1S/C17H17FN4O3/c1-8-7-25-10(3)13(8)16-14(17(19)21-24)9(2)20-22(16)11-5-4-6-12(23)15(11)18/h4-7,23-24H,1-3H3,(H2,19,21). The quantitative estimate of drug-likeness (QED) is 0.293. The van der Waals surface area contributed by atoms with Crippen molar-refractivity contribution in [3.63, 3.8) is 0 Å². The van der Waals surface area contributed by atoms with Crippen LogP contribution in [0.2, 0.25) is 0 Å². The molecular formula is C17H17FN4O3. The molecule has 0 aliphatic heterocycles. The van der Waals surface area contributed by atoms with Crippen LogP contribution in [0.4, 0.5) is 4.39 Å². The van der Waals surface area contributed by atoms with Crippen molar-refractivity contribution >= 4 is 5.84 Å². The molecule has 0 aliphatic carbocycles. The van der Waals surface area contributed by atoms with Crippen LogP contribution in [0.3, 0.4) is 0 Å². The van der Waals surface area contributed by atoms with Gasteiger partial charge in [0.1, 0.15) is 11.4 Å². The van der Waals surface area contributed by atoms with Gasteiger partial charge in [-0.1, -0.05) is 11.2 Å². The van der Waals surface area contributed by atoms with Gasteiger partial charge >= 0.3 is 0 Å². The molecule has 0 amide bonds. The fraction of sp³-hybridized carbons (Fsp3) is 0.176. The first-order valence-electron chi connectivity index (χ1n) is 7.47. The van der Waals surface area contributed by atoms with Gasteiger partial charge in [0.15, 0.2) is 17.4 Å². The second-order valence-corrected chi connectivity index (χ2v) is 5.67. The average molecular weight is 344 g/mol. The highest BCUT2D eigenvalue weighted by Crippen LogP contribution is 2.36. The third kappa shape index (κ3) is 2.51. The highest BCUT2D eigenvalue weighted by molar-refractivity contribution is 6.04. The Balaban J connectivity index is 2.44. The van der Waals surface area contributed by atoms with Gasteiger partial charge < -0.3 is 20.5 Å². The summed E-state index contributed by atoms with van der Waals surface area (Å²) in [6.07, 6.45) is 1.56. The second-order valence-electron chi connectivity index (χ2n) is 5.67. The van der Waals surface area contributed by atoms with Crippen LogP contribution in [0.25, 0.3) is 16.9 Å². The number of phenols is 1. The zero-order chi connectivity index (χ0) is 18.3. The molecule has 2 aromatic heterocycles. The summed E-state index contributed by atoms with van der Waals surface area (Å²) < 4.78 is 21.3. The predicted molar refractivity (Wildman–Crippen MR) is 89.6 cm³/mol. The minimum absolute atomic E-state index is 0.0371. The zero-order valence-corrected chi connectivity index (χ0v) is 13.9. The Hall–Kier alpha value is -3.29. The summed E-state index contributed by atoms with van der Waals surface area (Å²) in [6, 6.07) is 4.23. The van der Waals surface area contributed by atoms with Crippen molar-refractivity contribution in [2.24, 2.45) is 10.9 Å². The van der Waals surface area contributed by atoms with E-state index in [-0.39, 0.29) is 11.5 Å². The van der Waals surface area contributed by atoms with Crippen molar-refractivity contribution in [3.8, 4) is 22.7 Å². The van der Waals surface area contributed by atoms with Crippen molar-refractivity contribution in [3.05, 3.63) is 52.9 Å². The third-order valence-electron chi connectivity index (χ3n) is 4.01. The Kier molecular flexibility index (Phi) is 3.96. The lowest BCUT2D eigenvalue weighted by Crippen LogP contribution is -2.15. The van der Waals surface area contributed by atoms with Gasteiger partial charge in [-0.05, 0) is 38.5 Å². The number of benzene rings is 1. The van der Waals surface area contributed by atoms with E-state index in [0.717, 1.165) is 5.56 Å². The Morgan fingerprint density at radius 1 is 1.32 bits per heavy atom. The van der Waals surface area contributed by atoms with Gasteiger partial charge in [0, 0.05) is 5.56 Å². The van der Waals surface area contributed by atoms with Crippen molar-refractivity contribution in [2.75, 3.05) is 0 Å². The molecule has 3 aromatic rings. The number of aryl methyl sites for hydroxylation is 3. The largest absolute Gasteiger partial charge is 0.505 e. The van der Waals surface area contributed by atoms with Crippen LogP contribution in [0, 0.1) is 26.6 Å². The molecule has 1 aromatic carbocycles. The Bertz CT molecular complexity index is 969. The topological polar surface area (TPSA) is 110 Å². The van der Waals surface area contributed by atoms with E-state index in [1.165, 1.54) is 22.9 Å². The van der Waals surface area contributed by atoms with Crippen molar-refractivity contribution < 1.29 is 19.1 Å². The van der Waals surface area contributed by atoms with Crippen molar-refractivity contribution in [1.29, 1.82) is 0 Å². The van der Waals surface area contributed by atoms with Gasteiger partial charge in [-0.15, -0.1) is 0 Å². The minimum Gasteiger partial charge on any atom is -0.505 e. The van der Waals surface area contributed by atoms with Crippen LogP contribution in [-0.4, -0.2) is 25.9 Å². The molecule has 130 valence electrons. The summed E-state index contributed by atoms with van der Waals surface area (Å²) in [5.74, 6) is -0.899. The number of halogens is 1. The van der Waals surface area contributed by atoms with E-state index in [1.54, 1.807) is 20.1 Å². The molecule has 0 saturated carbocycles. The molecule has 0 aliphatic rings. The summed E-state index contributed by atoms with van der Waals surface area (Å²) in [6.45, 7) is 5.25. The fourth-order valence-corrected chi connectivity index (χ4v) is 2.89. The lowest BCUT2D eigenvalue weighted by Gasteiger charge is -2.11. The predicted octanol–water partition coefficient (Wildman–Crippen LogP) is 3.00. The highest BCUT2D eigenvalue weighted by Gasteiger charge is 2.26. The molecule has 0 saturated heterocycles. The Labute approximate surface area is 142 Å². The molecule has 3 rings (SSSR count). The van der Waals surface area contributed by atoms with Crippen LogP contribution < -0.4 is 5.73 Å². The number of rotatable bonds is 3. The summed E-state index contributed by atoms with van der Waals surface area (Å²) in [5, 5.41) is 26.2. The van der Waals surface area contributed by atoms with Gasteiger partial charge in [0.2, 0.25) is 0 Å². The average Bonchev–Trinajstić information content (AvgIpc) is 3.08. The summed E-state index contributed by atoms with van der Waals surface area (Å²) >= 11 is 0. The first-order chi connectivity index (χ1) is 11.9. The minimum atomic E-state index is -0.823. The van der Waals surface area contributed by atoms with Gasteiger partial charge in [-0.2, -0.15) is 5.10 Å². The van der Waals surface area contributed by atoms with E-state index in [9.17, 15) is 9.50 Å². The van der Waals surface area contributed by atoms with Crippen LogP contribution >= 0.6 is 0 Å². The normalized spacial score (nSPS) is 11.9. The van der Waals surface area contributed by atoms with E-state index < -0.39 is 11.6 Å². The number of amidine groups is 1. The summed E-state index contributed by atoms with van der Waals surface area (Å²) in [7, 11) is 0. The molecule has 0 spiro atoms. The van der Waals surface area contributed by atoms with E-state index in [2.05, 4.69) is 10.3 Å². The summed E-state index contributed by atoms with van der Waals surface area (Å²) in [5.41, 5.74) is 8.53. The molecule has 25 heavy (non-hydrogen) atoms. The number of nitrogens with zero attached hydrogens (tertiary/aromatic N) is 3.